The first kappa shape index (κ1) is 20.8. The highest BCUT2D eigenvalue weighted by atomic mass is 32.2. The summed E-state index contributed by atoms with van der Waals surface area (Å²) in [5.74, 6) is -0.992. The number of hydrogen-bond acceptors (Lipinski definition) is 5. The molecule has 4 rings (SSSR count). The van der Waals surface area contributed by atoms with E-state index in [-0.39, 0.29) is 11.4 Å². The minimum Gasteiger partial charge on any atom is -0.480 e. The first-order chi connectivity index (χ1) is 14.9. The molecule has 9 heteroatoms. The third kappa shape index (κ3) is 4.35. The predicted octanol–water partition coefficient (Wildman–Crippen LogP) is 2.86. The van der Waals surface area contributed by atoms with Crippen molar-refractivity contribution in [2.75, 3.05) is 0 Å². The molecule has 0 spiro atoms. The molecule has 8 nitrogen and oxygen atoms in total. The minimum atomic E-state index is -3.78. The summed E-state index contributed by atoms with van der Waals surface area (Å²) in [7, 11) is -3.78. The molecule has 0 aliphatic heterocycles. The van der Waals surface area contributed by atoms with E-state index in [1.54, 1.807) is 36.5 Å². The Balaban J connectivity index is 1.56. The zero-order valence-electron chi connectivity index (χ0n) is 16.5. The van der Waals surface area contributed by atoms with Crippen LogP contribution in [0.2, 0.25) is 0 Å². The second-order valence-corrected chi connectivity index (χ2v) is 9.10. The summed E-state index contributed by atoms with van der Waals surface area (Å²) in [6.07, 6.45) is 3.57. The number of aromatic nitrogens is 2. The van der Waals surface area contributed by atoms with Gasteiger partial charge in [0, 0.05) is 11.3 Å². The number of hydrogen-bond donors (Lipinski definition) is 2. The highest BCUT2D eigenvalue weighted by Crippen LogP contribution is 2.31. The van der Waals surface area contributed by atoms with Crippen LogP contribution in [0.1, 0.15) is 35.7 Å². The van der Waals surface area contributed by atoms with E-state index in [1.807, 2.05) is 6.07 Å². The molecule has 0 bridgehead atoms. The van der Waals surface area contributed by atoms with Gasteiger partial charge in [0.1, 0.15) is 6.54 Å². The molecular weight excluding hydrogens is 416 g/mol. The van der Waals surface area contributed by atoms with E-state index in [2.05, 4.69) is 15.9 Å². The molecule has 1 atom stereocenters. The molecule has 31 heavy (non-hydrogen) atoms. The Kier molecular flexibility index (Phi) is 5.59. The van der Waals surface area contributed by atoms with Gasteiger partial charge in [0.25, 0.3) is 0 Å². The second-order valence-electron chi connectivity index (χ2n) is 7.38. The van der Waals surface area contributed by atoms with Crippen molar-refractivity contribution in [2.45, 2.75) is 36.7 Å². The Labute approximate surface area is 179 Å². The van der Waals surface area contributed by atoms with E-state index in [0.29, 0.717) is 18.4 Å². The average molecular weight is 436 g/mol. The van der Waals surface area contributed by atoms with Crippen molar-refractivity contribution in [1.29, 1.82) is 5.26 Å². The summed E-state index contributed by atoms with van der Waals surface area (Å²) >= 11 is 0. The molecule has 0 radical (unpaired) electrons. The van der Waals surface area contributed by atoms with E-state index in [1.165, 1.54) is 16.8 Å². The number of sulfonamides is 1. The fourth-order valence-corrected chi connectivity index (χ4v) is 5.11. The van der Waals surface area contributed by atoms with Crippen molar-refractivity contribution in [3.8, 4) is 17.2 Å². The van der Waals surface area contributed by atoms with Crippen LogP contribution in [0.4, 0.5) is 0 Å². The molecule has 3 aromatic rings. The molecule has 0 fully saturated rings. The number of carboxylic acids is 1. The first-order valence-electron chi connectivity index (χ1n) is 9.77. The highest BCUT2D eigenvalue weighted by Gasteiger charge is 2.29. The number of aliphatic carboxylic acids is 1. The normalized spacial score (nSPS) is 15.8. The Morgan fingerprint density at radius 2 is 2.00 bits per heavy atom. The summed E-state index contributed by atoms with van der Waals surface area (Å²) in [5.41, 5.74) is 3.66. The zero-order valence-corrected chi connectivity index (χ0v) is 17.3. The Morgan fingerprint density at radius 1 is 1.23 bits per heavy atom. The molecular formula is C22H20N4O4S. The highest BCUT2D eigenvalue weighted by molar-refractivity contribution is 7.89. The van der Waals surface area contributed by atoms with Gasteiger partial charge >= 0.3 is 5.97 Å². The van der Waals surface area contributed by atoms with E-state index in [0.717, 1.165) is 28.8 Å². The molecule has 1 aliphatic carbocycles. The maximum Gasteiger partial charge on any atom is 0.325 e. The quantitative estimate of drug-likeness (QED) is 0.612. The van der Waals surface area contributed by atoms with Crippen LogP contribution in [0.25, 0.3) is 11.1 Å². The lowest BCUT2D eigenvalue weighted by molar-refractivity contribution is -0.137. The van der Waals surface area contributed by atoms with E-state index >= 15 is 0 Å². The van der Waals surface area contributed by atoms with Crippen LogP contribution < -0.4 is 4.72 Å². The number of fused-ring (bicyclic) bond motifs is 1. The average Bonchev–Trinajstić information content (AvgIpc) is 3.17. The number of carbonyl (C=O) groups is 1. The van der Waals surface area contributed by atoms with Gasteiger partial charge in [-0.1, -0.05) is 24.3 Å². The molecule has 2 N–H and O–H groups in total. The van der Waals surface area contributed by atoms with Gasteiger partial charge in [-0.15, -0.1) is 0 Å². The van der Waals surface area contributed by atoms with Crippen LogP contribution in [-0.2, 0) is 27.8 Å². The minimum absolute atomic E-state index is 0.137. The van der Waals surface area contributed by atoms with Crippen molar-refractivity contribution in [3.63, 3.8) is 0 Å². The van der Waals surface area contributed by atoms with Crippen LogP contribution in [0.3, 0.4) is 0 Å². The smallest absolute Gasteiger partial charge is 0.325 e. The van der Waals surface area contributed by atoms with Crippen molar-refractivity contribution in [1.82, 2.24) is 14.5 Å². The first-order valence-corrected chi connectivity index (χ1v) is 11.2. The number of rotatable bonds is 6. The monoisotopic (exact) mass is 436 g/mol. The molecule has 1 aromatic heterocycles. The number of nitrogens with one attached hydrogen (secondary N) is 1. The van der Waals surface area contributed by atoms with Crippen LogP contribution in [0.15, 0.2) is 59.6 Å². The molecule has 2 aromatic carbocycles. The molecule has 1 unspecified atom stereocenters. The summed E-state index contributed by atoms with van der Waals surface area (Å²) in [5, 5.41) is 22.2. The fraction of sp³-hybridized carbons (Fsp3) is 0.227. The van der Waals surface area contributed by atoms with Crippen LogP contribution >= 0.6 is 0 Å². The summed E-state index contributed by atoms with van der Waals surface area (Å²) < 4.78 is 30.1. The van der Waals surface area contributed by atoms with Gasteiger partial charge in [-0.05, 0) is 54.7 Å². The Bertz CT molecular complexity index is 1270. The number of nitriles is 1. The second kappa shape index (κ2) is 8.34. The standard InChI is InChI=1S/C22H20N4O4S/c23-12-15-3-1-4-17(11-15)16-7-9-18(10-8-16)31(29,30)25-20-5-2-6-21-19(20)13-24-26(21)14-22(27)28/h1,3-4,7-11,13,20,25H,2,5-6,14H2,(H,27,28). The Hall–Kier alpha value is -3.48. The zero-order chi connectivity index (χ0) is 22.0. The summed E-state index contributed by atoms with van der Waals surface area (Å²) in [6.45, 7) is -0.247. The molecule has 1 heterocycles. The van der Waals surface area contributed by atoms with Gasteiger partial charge in [0.15, 0.2) is 0 Å². The van der Waals surface area contributed by atoms with Gasteiger partial charge < -0.3 is 5.11 Å². The largest absolute Gasteiger partial charge is 0.480 e. The van der Waals surface area contributed by atoms with Crippen LogP contribution in [0.5, 0.6) is 0 Å². The Morgan fingerprint density at radius 3 is 2.71 bits per heavy atom. The van der Waals surface area contributed by atoms with Gasteiger partial charge in [-0.2, -0.15) is 10.4 Å². The lowest BCUT2D eigenvalue weighted by Gasteiger charge is -2.24. The predicted molar refractivity (Wildman–Crippen MR) is 112 cm³/mol. The van der Waals surface area contributed by atoms with E-state index in [4.69, 9.17) is 10.4 Å². The maximum atomic E-state index is 13.0. The number of carboxylic acid groups (broad SMARTS) is 1. The number of nitrogens with zero attached hydrogens (tertiary/aromatic N) is 3. The summed E-state index contributed by atoms with van der Waals surface area (Å²) in [4.78, 5) is 11.2. The van der Waals surface area contributed by atoms with Crippen molar-refractivity contribution < 1.29 is 18.3 Å². The number of benzene rings is 2. The lowest BCUT2D eigenvalue weighted by atomic mass is 9.94. The van der Waals surface area contributed by atoms with Gasteiger partial charge in [-0.3, -0.25) is 9.48 Å². The van der Waals surface area contributed by atoms with E-state index < -0.39 is 22.0 Å². The molecule has 1 aliphatic rings. The fourth-order valence-electron chi connectivity index (χ4n) is 3.86. The molecule has 158 valence electrons. The van der Waals surface area contributed by atoms with E-state index in [9.17, 15) is 13.2 Å². The van der Waals surface area contributed by atoms with Crippen molar-refractivity contribution in [3.05, 3.63) is 71.5 Å². The topological polar surface area (TPSA) is 125 Å². The van der Waals surface area contributed by atoms with Crippen molar-refractivity contribution in [2.24, 2.45) is 0 Å². The molecule has 0 amide bonds. The maximum absolute atomic E-state index is 13.0. The van der Waals surface area contributed by atoms with Gasteiger partial charge in [0.05, 0.1) is 28.8 Å². The van der Waals surface area contributed by atoms with Crippen molar-refractivity contribution >= 4 is 16.0 Å². The lowest BCUT2D eigenvalue weighted by Crippen LogP contribution is -2.31. The van der Waals surface area contributed by atoms with Gasteiger partial charge in [0.2, 0.25) is 10.0 Å². The SMILES string of the molecule is N#Cc1cccc(-c2ccc(S(=O)(=O)NC3CCCc4c3cnn4CC(=O)O)cc2)c1. The van der Waals surface area contributed by atoms with Crippen LogP contribution in [0, 0.1) is 11.3 Å². The third-order valence-corrected chi connectivity index (χ3v) is 6.82. The van der Waals surface area contributed by atoms with Gasteiger partial charge in [-0.25, -0.2) is 13.1 Å². The molecule has 0 saturated heterocycles. The molecule has 0 saturated carbocycles. The third-order valence-electron chi connectivity index (χ3n) is 5.33. The summed E-state index contributed by atoms with van der Waals surface area (Å²) in [6, 6.07) is 15.2. The van der Waals surface area contributed by atoms with Crippen LogP contribution in [-0.4, -0.2) is 29.3 Å².